The molecule has 0 spiro atoms. The Kier molecular flexibility index (Phi) is 9.03. The average Bonchev–Trinajstić information content (AvgIpc) is 3.32. The lowest BCUT2D eigenvalue weighted by molar-refractivity contribution is 0.0656. The van der Waals surface area contributed by atoms with Crippen LogP contribution in [0, 0.1) is 0 Å². The van der Waals surface area contributed by atoms with Crippen LogP contribution in [0.5, 0.6) is 11.5 Å². The van der Waals surface area contributed by atoms with E-state index in [0.717, 1.165) is 54.5 Å². The Morgan fingerprint density at radius 2 is 1.74 bits per heavy atom. The Morgan fingerprint density at radius 3 is 2.43 bits per heavy atom. The number of aliphatic hydroxyl groups is 1. The number of methoxy groups -OCH3 is 1. The number of hydrogen-bond acceptors (Lipinski definition) is 7. The van der Waals surface area contributed by atoms with E-state index in [9.17, 15) is 5.11 Å². The van der Waals surface area contributed by atoms with E-state index < -0.39 is 6.10 Å². The molecule has 0 saturated carbocycles. The molecule has 35 heavy (non-hydrogen) atoms. The van der Waals surface area contributed by atoms with Crippen molar-refractivity contribution in [2.75, 3.05) is 44.8 Å². The lowest BCUT2D eigenvalue weighted by Gasteiger charge is -2.29. The predicted octanol–water partition coefficient (Wildman–Crippen LogP) is 4.99. The first-order valence-corrected chi connectivity index (χ1v) is 12.6. The Morgan fingerprint density at radius 1 is 1.03 bits per heavy atom. The maximum Gasteiger partial charge on any atom is 0.232 e. The van der Waals surface area contributed by atoms with E-state index >= 15 is 0 Å². The van der Waals surface area contributed by atoms with Crippen molar-refractivity contribution in [1.29, 1.82) is 0 Å². The average molecular weight is 480 g/mol. The molecule has 0 amide bonds. The molecular formula is C28H37N3O4. The van der Waals surface area contributed by atoms with Gasteiger partial charge in [0.2, 0.25) is 5.88 Å². The van der Waals surface area contributed by atoms with Crippen LogP contribution < -0.4 is 14.4 Å². The summed E-state index contributed by atoms with van der Waals surface area (Å²) in [6.07, 6.45) is 3.95. The largest absolute Gasteiger partial charge is 0.497 e. The van der Waals surface area contributed by atoms with Crippen LogP contribution in [0.15, 0.2) is 59.1 Å². The Bertz CT molecular complexity index is 1020. The molecule has 2 aromatic carbocycles. The fourth-order valence-electron chi connectivity index (χ4n) is 4.60. The van der Waals surface area contributed by atoms with Gasteiger partial charge in [0.25, 0.3) is 0 Å². The number of piperidine rings is 1. The molecule has 3 aromatic rings. The van der Waals surface area contributed by atoms with Crippen LogP contribution in [0.3, 0.4) is 0 Å². The molecule has 1 atom stereocenters. The molecule has 0 radical (unpaired) electrons. The number of benzene rings is 2. The number of aliphatic hydroxyl groups excluding tert-OH is 1. The Balaban J connectivity index is 1.48. The van der Waals surface area contributed by atoms with Gasteiger partial charge in [-0.05, 0) is 56.5 Å². The summed E-state index contributed by atoms with van der Waals surface area (Å²) < 4.78 is 17.0. The normalized spacial score (nSPS) is 14.8. The van der Waals surface area contributed by atoms with Crippen LogP contribution in [-0.4, -0.2) is 61.2 Å². The summed E-state index contributed by atoms with van der Waals surface area (Å²) in [4.78, 5) is 4.60. The monoisotopic (exact) mass is 479 g/mol. The summed E-state index contributed by atoms with van der Waals surface area (Å²) in [5, 5.41) is 15.3. The van der Waals surface area contributed by atoms with Crippen LogP contribution in [-0.2, 0) is 6.54 Å². The smallest absolute Gasteiger partial charge is 0.232 e. The lowest BCUT2D eigenvalue weighted by atomic mass is 10.1. The zero-order valence-electron chi connectivity index (χ0n) is 20.9. The van der Waals surface area contributed by atoms with Gasteiger partial charge in [-0.1, -0.05) is 42.4 Å². The van der Waals surface area contributed by atoms with E-state index in [1.807, 2.05) is 42.5 Å². The topological polar surface area (TPSA) is 71.2 Å². The lowest BCUT2D eigenvalue weighted by Crippen LogP contribution is -2.36. The van der Waals surface area contributed by atoms with Gasteiger partial charge in [-0.3, -0.25) is 4.90 Å². The summed E-state index contributed by atoms with van der Waals surface area (Å²) in [7, 11) is 1.64. The first-order valence-electron chi connectivity index (χ1n) is 12.6. The highest BCUT2D eigenvalue weighted by Crippen LogP contribution is 2.34. The third-order valence-electron chi connectivity index (χ3n) is 6.35. The molecule has 1 aliphatic heterocycles. The summed E-state index contributed by atoms with van der Waals surface area (Å²) >= 11 is 0. The molecule has 2 heterocycles. The van der Waals surface area contributed by atoms with Gasteiger partial charge in [-0.25, -0.2) is 0 Å². The third-order valence-corrected chi connectivity index (χ3v) is 6.35. The van der Waals surface area contributed by atoms with E-state index in [2.05, 4.69) is 34.0 Å². The molecule has 1 fully saturated rings. The van der Waals surface area contributed by atoms with Crippen LogP contribution in [0.2, 0.25) is 0 Å². The molecule has 1 N–H and O–H groups in total. The third kappa shape index (κ3) is 6.77. The standard InChI is InChI=1S/C28H37N3O4/c1-3-16-30(19-23(32)21-34-25-14-12-24(33-2)13-15-25)20-26-27(22-10-6-4-7-11-22)29-35-28(26)31-17-8-5-9-18-31/h4,6-7,10-15,23,32H,3,5,8-9,16-21H2,1-2H3/t23-/m0/s1. The molecule has 0 unspecified atom stereocenters. The van der Waals surface area contributed by atoms with Gasteiger partial charge < -0.3 is 24.0 Å². The first kappa shape index (κ1) is 25.1. The van der Waals surface area contributed by atoms with Crippen molar-refractivity contribution in [2.45, 2.75) is 45.3 Å². The van der Waals surface area contributed by atoms with Crippen LogP contribution in [0.25, 0.3) is 11.3 Å². The van der Waals surface area contributed by atoms with Crippen molar-refractivity contribution in [3.05, 3.63) is 60.2 Å². The minimum absolute atomic E-state index is 0.223. The van der Waals surface area contributed by atoms with E-state index in [4.69, 9.17) is 14.0 Å². The van der Waals surface area contributed by atoms with Crippen molar-refractivity contribution in [1.82, 2.24) is 10.1 Å². The number of nitrogens with zero attached hydrogens (tertiary/aromatic N) is 3. The minimum atomic E-state index is -0.623. The molecule has 4 rings (SSSR count). The zero-order chi connectivity index (χ0) is 24.5. The molecule has 1 aliphatic rings. The summed E-state index contributed by atoms with van der Waals surface area (Å²) in [5.41, 5.74) is 3.03. The molecule has 0 bridgehead atoms. The van der Waals surface area contributed by atoms with Crippen LogP contribution >= 0.6 is 0 Å². The molecule has 7 heteroatoms. The first-order chi connectivity index (χ1) is 17.2. The van der Waals surface area contributed by atoms with Gasteiger partial charge >= 0.3 is 0 Å². The van der Waals surface area contributed by atoms with Crippen molar-refractivity contribution in [2.24, 2.45) is 0 Å². The van der Waals surface area contributed by atoms with Gasteiger partial charge in [-0.2, -0.15) is 0 Å². The van der Waals surface area contributed by atoms with Gasteiger partial charge in [-0.15, -0.1) is 0 Å². The van der Waals surface area contributed by atoms with E-state index in [1.165, 1.54) is 19.3 Å². The van der Waals surface area contributed by atoms with Crippen LogP contribution in [0.4, 0.5) is 5.88 Å². The highest BCUT2D eigenvalue weighted by Gasteiger charge is 2.26. The second-order valence-corrected chi connectivity index (χ2v) is 9.10. The van der Waals surface area contributed by atoms with E-state index in [0.29, 0.717) is 18.8 Å². The Labute approximate surface area is 208 Å². The highest BCUT2D eigenvalue weighted by molar-refractivity contribution is 5.68. The second-order valence-electron chi connectivity index (χ2n) is 9.10. The fourth-order valence-corrected chi connectivity index (χ4v) is 4.60. The highest BCUT2D eigenvalue weighted by atomic mass is 16.5. The quantitative estimate of drug-likeness (QED) is 0.392. The predicted molar refractivity (Wildman–Crippen MR) is 138 cm³/mol. The Hall–Kier alpha value is -3.03. The number of hydrogen-bond donors (Lipinski definition) is 1. The van der Waals surface area contributed by atoms with Gasteiger partial charge in [0.1, 0.15) is 29.9 Å². The molecule has 1 aromatic heterocycles. The molecular weight excluding hydrogens is 442 g/mol. The van der Waals surface area contributed by atoms with Crippen molar-refractivity contribution < 1.29 is 19.1 Å². The maximum atomic E-state index is 10.8. The van der Waals surface area contributed by atoms with E-state index in [-0.39, 0.29) is 6.61 Å². The van der Waals surface area contributed by atoms with Crippen LogP contribution in [0.1, 0.15) is 38.2 Å². The van der Waals surface area contributed by atoms with Gasteiger partial charge in [0.05, 0.1) is 12.7 Å². The second kappa shape index (κ2) is 12.6. The molecule has 7 nitrogen and oxygen atoms in total. The number of rotatable bonds is 12. The van der Waals surface area contributed by atoms with Crippen molar-refractivity contribution >= 4 is 5.88 Å². The van der Waals surface area contributed by atoms with Crippen molar-refractivity contribution in [3.63, 3.8) is 0 Å². The van der Waals surface area contributed by atoms with Crippen molar-refractivity contribution in [3.8, 4) is 22.8 Å². The maximum absolute atomic E-state index is 10.8. The number of ether oxygens (including phenoxy) is 2. The summed E-state index contributed by atoms with van der Waals surface area (Å²) in [6.45, 7) is 6.38. The molecule has 188 valence electrons. The zero-order valence-corrected chi connectivity index (χ0v) is 20.9. The fraction of sp³-hybridized carbons (Fsp3) is 0.464. The molecule has 1 saturated heterocycles. The number of aromatic nitrogens is 1. The van der Waals surface area contributed by atoms with Gasteiger partial charge in [0.15, 0.2) is 0 Å². The SMILES string of the molecule is CCCN(Cc1c(-c2ccccc2)noc1N1CCCCC1)C[C@H](O)COc1ccc(OC)cc1. The van der Waals surface area contributed by atoms with Gasteiger partial charge in [0, 0.05) is 31.7 Å². The summed E-state index contributed by atoms with van der Waals surface area (Å²) in [6, 6.07) is 17.6. The summed E-state index contributed by atoms with van der Waals surface area (Å²) in [5.74, 6) is 2.36. The van der Waals surface area contributed by atoms with E-state index in [1.54, 1.807) is 7.11 Å². The molecule has 0 aliphatic carbocycles. The minimum Gasteiger partial charge on any atom is -0.497 e. The number of anilines is 1.